The van der Waals surface area contributed by atoms with Gasteiger partial charge in [0.25, 0.3) is 0 Å². The van der Waals surface area contributed by atoms with E-state index in [4.69, 9.17) is 10.9 Å². The van der Waals surface area contributed by atoms with E-state index >= 15 is 0 Å². The zero-order valence-electron chi connectivity index (χ0n) is 8.73. The largest absolute Gasteiger partial charge is 0.504 e. The zero-order chi connectivity index (χ0) is 11.6. The van der Waals surface area contributed by atoms with Crippen molar-refractivity contribution < 1.29 is 14.7 Å². The summed E-state index contributed by atoms with van der Waals surface area (Å²) in [4.78, 5) is 22.5. The van der Waals surface area contributed by atoms with Crippen molar-refractivity contribution in [1.29, 1.82) is 0 Å². The van der Waals surface area contributed by atoms with Gasteiger partial charge >= 0.3 is 0 Å². The molecule has 1 rings (SSSR count). The maximum absolute atomic E-state index is 11.4. The van der Waals surface area contributed by atoms with Crippen LogP contribution in [-0.4, -0.2) is 28.2 Å². The summed E-state index contributed by atoms with van der Waals surface area (Å²) in [7, 11) is 0. The van der Waals surface area contributed by atoms with E-state index in [9.17, 15) is 9.59 Å². The molecule has 0 aromatic heterocycles. The second-order valence-corrected chi connectivity index (χ2v) is 3.84. The SMILES string of the molecule is CC(C)CN(N)C1=CC(=O)C=C(O)C1=O. The predicted molar refractivity (Wildman–Crippen MR) is 54.5 cm³/mol. The number of allylic oxidation sites excluding steroid dienone is 2. The highest BCUT2D eigenvalue weighted by molar-refractivity contribution is 6.18. The van der Waals surface area contributed by atoms with Gasteiger partial charge in [0.05, 0.1) is 0 Å². The Balaban J connectivity index is 2.86. The minimum atomic E-state index is -0.613. The maximum atomic E-state index is 11.4. The highest BCUT2D eigenvalue weighted by Crippen LogP contribution is 2.13. The molecule has 0 aromatic rings. The second-order valence-electron chi connectivity index (χ2n) is 3.84. The maximum Gasteiger partial charge on any atom is 0.244 e. The van der Waals surface area contributed by atoms with E-state index in [1.54, 1.807) is 0 Å². The molecular weight excluding hydrogens is 196 g/mol. The minimum Gasteiger partial charge on any atom is -0.504 e. The third-order valence-electron chi connectivity index (χ3n) is 1.89. The Morgan fingerprint density at radius 1 is 1.40 bits per heavy atom. The second kappa shape index (κ2) is 4.27. The smallest absolute Gasteiger partial charge is 0.244 e. The van der Waals surface area contributed by atoms with Crippen LogP contribution in [0, 0.1) is 5.92 Å². The molecule has 0 aliphatic heterocycles. The molecule has 82 valence electrons. The van der Waals surface area contributed by atoms with Crippen molar-refractivity contribution in [2.24, 2.45) is 11.8 Å². The van der Waals surface area contributed by atoms with E-state index in [-0.39, 0.29) is 11.6 Å². The average Bonchev–Trinajstić information content (AvgIpc) is 2.09. The zero-order valence-corrected chi connectivity index (χ0v) is 8.73. The lowest BCUT2D eigenvalue weighted by molar-refractivity contribution is -0.118. The molecule has 0 saturated carbocycles. The van der Waals surface area contributed by atoms with Gasteiger partial charge in [-0.2, -0.15) is 0 Å². The first-order chi connectivity index (χ1) is 6.91. The number of aliphatic hydroxyl groups excluding tert-OH is 1. The quantitative estimate of drug-likeness (QED) is 0.397. The molecule has 3 N–H and O–H groups in total. The van der Waals surface area contributed by atoms with Crippen LogP contribution in [0.25, 0.3) is 0 Å². The van der Waals surface area contributed by atoms with Crippen molar-refractivity contribution in [3.63, 3.8) is 0 Å². The number of carbonyl (C=O) groups is 2. The first kappa shape index (κ1) is 11.5. The fraction of sp³-hybridized carbons (Fsp3) is 0.400. The highest BCUT2D eigenvalue weighted by Gasteiger charge is 2.24. The summed E-state index contributed by atoms with van der Waals surface area (Å²) in [6, 6.07) is 0. The topological polar surface area (TPSA) is 83.6 Å². The molecule has 5 nitrogen and oxygen atoms in total. The Kier molecular flexibility index (Phi) is 3.26. The Labute approximate surface area is 87.8 Å². The summed E-state index contributed by atoms with van der Waals surface area (Å²) < 4.78 is 0. The van der Waals surface area contributed by atoms with Gasteiger partial charge in [-0.05, 0) is 5.92 Å². The van der Waals surface area contributed by atoms with Crippen LogP contribution < -0.4 is 5.84 Å². The van der Waals surface area contributed by atoms with Gasteiger partial charge in [-0.3, -0.25) is 9.59 Å². The van der Waals surface area contributed by atoms with Crippen LogP contribution in [-0.2, 0) is 9.59 Å². The third kappa shape index (κ3) is 2.66. The number of hydrogen-bond acceptors (Lipinski definition) is 5. The summed E-state index contributed by atoms with van der Waals surface area (Å²) in [5, 5.41) is 10.4. The Hall–Kier alpha value is -1.62. The number of nitrogens with zero attached hydrogens (tertiary/aromatic N) is 1. The van der Waals surface area contributed by atoms with E-state index in [1.807, 2.05) is 13.8 Å². The van der Waals surface area contributed by atoms with Gasteiger partial charge in [0.2, 0.25) is 5.78 Å². The number of carbonyl (C=O) groups excluding carboxylic acids is 2. The monoisotopic (exact) mass is 210 g/mol. The summed E-state index contributed by atoms with van der Waals surface area (Å²) in [6.07, 6.45) is 2.01. The summed E-state index contributed by atoms with van der Waals surface area (Å²) in [6.45, 7) is 4.31. The molecule has 0 aromatic carbocycles. The van der Waals surface area contributed by atoms with E-state index in [1.165, 1.54) is 5.01 Å². The molecule has 0 atom stereocenters. The van der Waals surface area contributed by atoms with Gasteiger partial charge in [-0.15, -0.1) is 0 Å². The minimum absolute atomic E-state index is 0.0358. The van der Waals surface area contributed by atoms with Gasteiger partial charge < -0.3 is 10.1 Å². The van der Waals surface area contributed by atoms with Crippen LogP contribution in [0.2, 0.25) is 0 Å². The normalized spacial score (nSPS) is 16.5. The average molecular weight is 210 g/mol. The van der Waals surface area contributed by atoms with Crippen LogP contribution in [0.3, 0.4) is 0 Å². The Morgan fingerprint density at radius 2 is 2.00 bits per heavy atom. The standard InChI is InChI=1S/C10H14N2O3/c1-6(2)5-12(11)8-3-7(13)4-9(14)10(8)15/h3-4,6,14H,5,11H2,1-2H3. The van der Waals surface area contributed by atoms with Crippen molar-refractivity contribution in [3.05, 3.63) is 23.6 Å². The van der Waals surface area contributed by atoms with Gasteiger partial charge in [-0.25, -0.2) is 5.84 Å². The molecular formula is C10H14N2O3. The molecule has 15 heavy (non-hydrogen) atoms. The molecule has 1 aliphatic carbocycles. The lowest BCUT2D eigenvalue weighted by Crippen LogP contribution is -2.38. The van der Waals surface area contributed by atoms with Crippen molar-refractivity contribution in [1.82, 2.24) is 5.01 Å². The van der Waals surface area contributed by atoms with Crippen LogP contribution >= 0.6 is 0 Å². The number of rotatable bonds is 3. The van der Waals surface area contributed by atoms with Gasteiger partial charge in [0.1, 0.15) is 5.70 Å². The van der Waals surface area contributed by atoms with Crippen LogP contribution in [0.1, 0.15) is 13.8 Å². The summed E-state index contributed by atoms with van der Waals surface area (Å²) >= 11 is 0. The highest BCUT2D eigenvalue weighted by atomic mass is 16.3. The molecule has 0 unspecified atom stereocenters. The van der Waals surface area contributed by atoms with Crippen molar-refractivity contribution >= 4 is 11.6 Å². The van der Waals surface area contributed by atoms with E-state index in [0.717, 1.165) is 12.2 Å². The predicted octanol–water partition coefficient (Wildman–Crippen LogP) is 0.296. The molecule has 0 radical (unpaired) electrons. The van der Waals surface area contributed by atoms with Crippen molar-refractivity contribution in [3.8, 4) is 0 Å². The molecule has 0 saturated heterocycles. The van der Waals surface area contributed by atoms with Crippen LogP contribution in [0.4, 0.5) is 0 Å². The van der Waals surface area contributed by atoms with E-state index < -0.39 is 17.3 Å². The van der Waals surface area contributed by atoms with Crippen molar-refractivity contribution in [2.75, 3.05) is 6.54 Å². The number of hydrogen-bond donors (Lipinski definition) is 2. The third-order valence-corrected chi connectivity index (χ3v) is 1.89. The lowest BCUT2D eigenvalue weighted by Gasteiger charge is -2.23. The molecule has 0 heterocycles. The molecule has 0 spiro atoms. The number of nitrogens with two attached hydrogens (primary N) is 1. The van der Waals surface area contributed by atoms with Gasteiger partial charge in [0.15, 0.2) is 11.5 Å². The van der Waals surface area contributed by atoms with E-state index in [2.05, 4.69) is 0 Å². The molecule has 1 aliphatic rings. The van der Waals surface area contributed by atoms with Crippen LogP contribution in [0.15, 0.2) is 23.6 Å². The fourth-order valence-corrected chi connectivity index (χ4v) is 1.28. The molecule has 0 bridgehead atoms. The van der Waals surface area contributed by atoms with Crippen LogP contribution in [0.5, 0.6) is 0 Å². The first-order valence-corrected chi connectivity index (χ1v) is 4.65. The number of ketones is 2. The summed E-state index contributed by atoms with van der Waals surface area (Å²) in [5.41, 5.74) is 0.0358. The van der Waals surface area contributed by atoms with Gasteiger partial charge in [0, 0.05) is 18.7 Å². The molecule has 5 heteroatoms. The summed E-state index contributed by atoms with van der Waals surface area (Å²) in [5.74, 6) is 4.27. The Bertz CT molecular complexity index is 356. The van der Waals surface area contributed by atoms with Gasteiger partial charge in [-0.1, -0.05) is 13.8 Å². The molecule has 0 amide bonds. The van der Waals surface area contributed by atoms with E-state index in [0.29, 0.717) is 6.54 Å². The first-order valence-electron chi connectivity index (χ1n) is 4.65. The number of Topliss-reactive ketones (excluding diaryl/α,β-unsaturated/α-hetero) is 1. The molecule has 0 fully saturated rings. The fourth-order valence-electron chi connectivity index (χ4n) is 1.28. The Morgan fingerprint density at radius 3 is 2.53 bits per heavy atom. The lowest BCUT2D eigenvalue weighted by atomic mass is 10.1. The number of hydrazine groups is 1. The van der Waals surface area contributed by atoms with Crippen molar-refractivity contribution in [2.45, 2.75) is 13.8 Å². The number of aliphatic hydroxyl groups is 1.